The molecule has 6 aromatic rings. The van der Waals surface area contributed by atoms with Gasteiger partial charge in [0.05, 0.1) is 33.8 Å². The van der Waals surface area contributed by atoms with Crippen LogP contribution in [0.1, 0.15) is 5.69 Å². The SMILES string of the molecule is C=C(Nc1ccncc1Cl)c1cc2ccc(-c3nccc(Nc4ccc5[nH]ncc5c4)n3)cc2[nH]1. The zero-order valence-electron chi connectivity index (χ0n) is 18.4. The van der Waals surface area contributed by atoms with Gasteiger partial charge in [-0.1, -0.05) is 30.3 Å². The van der Waals surface area contributed by atoms with Crippen LogP contribution in [-0.4, -0.2) is 30.1 Å². The smallest absolute Gasteiger partial charge is 0.161 e. The summed E-state index contributed by atoms with van der Waals surface area (Å²) in [7, 11) is 0. The molecule has 170 valence electrons. The predicted octanol–water partition coefficient (Wildman–Crippen LogP) is 6.38. The van der Waals surface area contributed by atoms with E-state index < -0.39 is 0 Å². The van der Waals surface area contributed by atoms with E-state index in [1.807, 2.05) is 48.5 Å². The highest BCUT2D eigenvalue weighted by molar-refractivity contribution is 6.33. The summed E-state index contributed by atoms with van der Waals surface area (Å²) in [5, 5.41) is 16.2. The molecule has 0 bridgehead atoms. The summed E-state index contributed by atoms with van der Waals surface area (Å²) in [4.78, 5) is 16.6. The van der Waals surface area contributed by atoms with Crippen molar-refractivity contribution >= 4 is 56.3 Å². The molecule has 8 nitrogen and oxygen atoms in total. The second-order valence-corrected chi connectivity index (χ2v) is 8.41. The first-order valence-electron chi connectivity index (χ1n) is 10.8. The standard InChI is InChI=1S/C26H19ClN8/c1-15(31-22-6-8-28-14-20(22)27)23-11-16-2-3-17(12-24(16)33-23)26-29-9-7-25(34-26)32-19-4-5-21-18(10-19)13-30-35-21/h2-14,33H,1H2,(H,28,31)(H,30,35)(H,29,32,34). The molecular weight excluding hydrogens is 460 g/mol. The molecule has 0 saturated heterocycles. The molecule has 4 N–H and O–H groups in total. The number of halogens is 1. The summed E-state index contributed by atoms with van der Waals surface area (Å²) >= 11 is 6.21. The third kappa shape index (κ3) is 4.18. The average Bonchev–Trinajstić information content (AvgIpc) is 3.52. The van der Waals surface area contributed by atoms with Crippen molar-refractivity contribution in [2.24, 2.45) is 0 Å². The van der Waals surface area contributed by atoms with Gasteiger partial charge in [0, 0.05) is 46.1 Å². The maximum atomic E-state index is 6.21. The Labute approximate surface area is 205 Å². The van der Waals surface area contributed by atoms with Crippen molar-refractivity contribution in [2.75, 3.05) is 10.6 Å². The third-order valence-corrected chi connectivity index (χ3v) is 5.93. The highest BCUT2D eigenvalue weighted by Gasteiger charge is 2.10. The van der Waals surface area contributed by atoms with E-state index in [9.17, 15) is 0 Å². The molecule has 0 radical (unpaired) electrons. The van der Waals surface area contributed by atoms with Gasteiger partial charge < -0.3 is 15.6 Å². The molecule has 0 aliphatic heterocycles. The van der Waals surface area contributed by atoms with Crippen LogP contribution in [0.2, 0.25) is 5.02 Å². The molecule has 4 heterocycles. The van der Waals surface area contributed by atoms with E-state index in [0.717, 1.165) is 44.4 Å². The molecule has 0 saturated carbocycles. The lowest BCUT2D eigenvalue weighted by atomic mass is 10.1. The van der Waals surface area contributed by atoms with Gasteiger partial charge in [0.15, 0.2) is 5.82 Å². The van der Waals surface area contributed by atoms with E-state index >= 15 is 0 Å². The summed E-state index contributed by atoms with van der Waals surface area (Å²) in [5.74, 6) is 1.33. The number of benzene rings is 2. The van der Waals surface area contributed by atoms with Gasteiger partial charge in [0.25, 0.3) is 0 Å². The maximum Gasteiger partial charge on any atom is 0.161 e. The number of hydrogen-bond acceptors (Lipinski definition) is 6. The minimum atomic E-state index is 0.530. The average molecular weight is 479 g/mol. The molecule has 0 unspecified atom stereocenters. The Morgan fingerprint density at radius 3 is 2.77 bits per heavy atom. The number of pyridine rings is 1. The highest BCUT2D eigenvalue weighted by atomic mass is 35.5. The quantitative estimate of drug-likeness (QED) is 0.221. The van der Waals surface area contributed by atoms with Crippen LogP contribution < -0.4 is 10.6 Å². The first-order chi connectivity index (χ1) is 17.1. The fourth-order valence-corrected chi connectivity index (χ4v) is 4.04. The third-order valence-electron chi connectivity index (χ3n) is 5.63. The molecular formula is C26H19ClN8. The lowest BCUT2D eigenvalue weighted by Gasteiger charge is -2.09. The monoisotopic (exact) mass is 478 g/mol. The second kappa shape index (κ2) is 8.58. The second-order valence-electron chi connectivity index (χ2n) is 8.01. The molecule has 0 aliphatic rings. The number of nitrogens with zero attached hydrogens (tertiary/aromatic N) is 4. The molecule has 2 aromatic carbocycles. The predicted molar refractivity (Wildman–Crippen MR) is 141 cm³/mol. The van der Waals surface area contributed by atoms with E-state index in [1.54, 1.807) is 30.9 Å². The van der Waals surface area contributed by atoms with Crippen LogP contribution >= 0.6 is 11.6 Å². The molecule has 0 aliphatic carbocycles. The van der Waals surface area contributed by atoms with Crippen LogP contribution in [-0.2, 0) is 0 Å². The minimum absolute atomic E-state index is 0.530. The summed E-state index contributed by atoms with van der Waals surface area (Å²) in [6, 6.07) is 17.7. The van der Waals surface area contributed by atoms with Crippen LogP contribution in [0.3, 0.4) is 0 Å². The van der Waals surface area contributed by atoms with Crippen molar-refractivity contribution in [2.45, 2.75) is 0 Å². The molecule has 0 fully saturated rings. The Bertz CT molecular complexity index is 1700. The molecule has 0 spiro atoms. The summed E-state index contributed by atoms with van der Waals surface area (Å²) in [6.45, 7) is 4.14. The van der Waals surface area contributed by atoms with Crippen molar-refractivity contribution < 1.29 is 0 Å². The summed E-state index contributed by atoms with van der Waals surface area (Å²) in [5.41, 5.74) is 6.07. The normalized spacial score (nSPS) is 11.1. The van der Waals surface area contributed by atoms with Crippen LogP contribution in [0.5, 0.6) is 0 Å². The lowest BCUT2D eigenvalue weighted by molar-refractivity contribution is 1.12. The summed E-state index contributed by atoms with van der Waals surface area (Å²) in [6.07, 6.45) is 6.81. The van der Waals surface area contributed by atoms with Gasteiger partial charge >= 0.3 is 0 Å². The number of fused-ring (bicyclic) bond motifs is 2. The molecule has 6 rings (SSSR count). The first kappa shape index (κ1) is 20.9. The Kier molecular flexibility index (Phi) is 5.12. The van der Waals surface area contributed by atoms with Gasteiger partial charge in [-0.15, -0.1) is 0 Å². The number of rotatable bonds is 6. The Morgan fingerprint density at radius 1 is 0.914 bits per heavy atom. The molecule has 4 aromatic heterocycles. The maximum absolute atomic E-state index is 6.21. The van der Waals surface area contributed by atoms with Crippen LogP contribution in [0, 0.1) is 0 Å². The molecule has 35 heavy (non-hydrogen) atoms. The zero-order valence-corrected chi connectivity index (χ0v) is 19.1. The fraction of sp³-hybridized carbons (Fsp3) is 0. The van der Waals surface area contributed by atoms with Crippen LogP contribution in [0.25, 0.3) is 38.9 Å². The number of aromatic amines is 2. The van der Waals surface area contributed by atoms with Gasteiger partial charge in [0.1, 0.15) is 5.82 Å². The van der Waals surface area contributed by atoms with E-state index in [4.69, 9.17) is 16.6 Å². The van der Waals surface area contributed by atoms with Gasteiger partial charge in [-0.25, -0.2) is 9.97 Å². The zero-order chi connectivity index (χ0) is 23.8. The molecule has 9 heteroatoms. The van der Waals surface area contributed by atoms with Crippen molar-refractivity contribution in [3.63, 3.8) is 0 Å². The van der Waals surface area contributed by atoms with Crippen LogP contribution in [0.15, 0.2) is 86.0 Å². The summed E-state index contributed by atoms with van der Waals surface area (Å²) < 4.78 is 0. The van der Waals surface area contributed by atoms with Gasteiger partial charge in [0.2, 0.25) is 0 Å². The Hall–Kier alpha value is -4.69. The first-order valence-corrected chi connectivity index (χ1v) is 11.2. The van der Waals surface area contributed by atoms with Crippen molar-refractivity contribution in [3.05, 3.63) is 96.7 Å². The minimum Gasteiger partial charge on any atom is -0.353 e. The fourth-order valence-electron chi connectivity index (χ4n) is 3.87. The number of aromatic nitrogens is 6. The van der Waals surface area contributed by atoms with Crippen molar-refractivity contribution in [3.8, 4) is 11.4 Å². The Morgan fingerprint density at radius 2 is 1.86 bits per heavy atom. The molecule has 0 atom stereocenters. The topological polar surface area (TPSA) is 107 Å². The largest absolute Gasteiger partial charge is 0.353 e. The van der Waals surface area contributed by atoms with Crippen molar-refractivity contribution in [1.82, 2.24) is 30.1 Å². The lowest BCUT2D eigenvalue weighted by Crippen LogP contribution is -1.98. The van der Waals surface area contributed by atoms with E-state index in [-0.39, 0.29) is 0 Å². The van der Waals surface area contributed by atoms with E-state index in [2.05, 4.69) is 42.4 Å². The van der Waals surface area contributed by atoms with Gasteiger partial charge in [-0.05, 0) is 42.5 Å². The molecule has 0 amide bonds. The number of hydrogen-bond donors (Lipinski definition) is 4. The van der Waals surface area contributed by atoms with Crippen LogP contribution in [0.4, 0.5) is 17.2 Å². The van der Waals surface area contributed by atoms with Crippen molar-refractivity contribution in [1.29, 1.82) is 0 Å². The highest BCUT2D eigenvalue weighted by Crippen LogP contribution is 2.28. The number of anilines is 3. The number of H-pyrrole nitrogens is 2. The van der Waals surface area contributed by atoms with E-state index in [0.29, 0.717) is 22.4 Å². The van der Waals surface area contributed by atoms with E-state index in [1.165, 1.54) is 0 Å². The Balaban J connectivity index is 1.25. The number of nitrogens with one attached hydrogen (secondary N) is 4. The van der Waals surface area contributed by atoms with Gasteiger partial charge in [-0.2, -0.15) is 5.10 Å². The van der Waals surface area contributed by atoms with Gasteiger partial charge in [-0.3, -0.25) is 10.1 Å².